The van der Waals surface area contributed by atoms with Crippen molar-refractivity contribution in [2.24, 2.45) is 7.05 Å². The smallest absolute Gasteiger partial charge is 0.324 e. The van der Waals surface area contributed by atoms with Gasteiger partial charge in [-0.15, -0.1) is 0 Å². The van der Waals surface area contributed by atoms with Crippen LogP contribution in [0.15, 0.2) is 51.9 Å². The fraction of sp³-hybridized carbons (Fsp3) is 0.0625. The van der Waals surface area contributed by atoms with Crippen LogP contribution in [-0.4, -0.2) is 19.6 Å². The Labute approximate surface area is 144 Å². The van der Waals surface area contributed by atoms with Crippen molar-refractivity contribution in [1.82, 2.24) is 14.7 Å². The first-order valence-corrected chi connectivity index (χ1v) is 8.03. The summed E-state index contributed by atoms with van der Waals surface area (Å²) < 4.78 is 6.79. The number of rotatable bonds is 3. The van der Waals surface area contributed by atoms with Gasteiger partial charge in [-0.25, -0.2) is 0 Å². The van der Waals surface area contributed by atoms with Gasteiger partial charge >= 0.3 is 5.00 Å². The molecule has 9 heteroatoms. The standard InChI is InChI=1S/C16H10N4O4S/c1-19-8-11(9-4-2-3-5-10(9)16(19)21)15-17-14(18-24-15)12-6-7-13(25-12)20(22)23/h2-8H,1H3. The molecule has 4 rings (SSSR count). The average Bonchev–Trinajstić information content (AvgIpc) is 3.27. The molecule has 0 atom stereocenters. The molecule has 0 bridgehead atoms. The van der Waals surface area contributed by atoms with Crippen LogP contribution in [0.25, 0.3) is 32.9 Å². The Hall–Kier alpha value is -3.33. The molecule has 0 fully saturated rings. The van der Waals surface area contributed by atoms with Gasteiger partial charge in [0.25, 0.3) is 11.4 Å². The van der Waals surface area contributed by atoms with E-state index in [9.17, 15) is 14.9 Å². The van der Waals surface area contributed by atoms with Crippen LogP contribution in [0.4, 0.5) is 5.00 Å². The molecule has 0 aliphatic rings. The first-order valence-electron chi connectivity index (χ1n) is 7.21. The topological polar surface area (TPSA) is 104 Å². The molecule has 0 saturated carbocycles. The monoisotopic (exact) mass is 354 g/mol. The molecule has 0 N–H and O–H groups in total. The maximum atomic E-state index is 12.2. The Morgan fingerprint density at radius 1 is 1.20 bits per heavy atom. The van der Waals surface area contributed by atoms with Gasteiger partial charge in [-0.3, -0.25) is 14.9 Å². The first-order chi connectivity index (χ1) is 12.0. The molecule has 124 valence electrons. The fourth-order valence-electron chi connectivity index (χ4n) is 2.57. The summed E-state index contributed by atoms with van der Waals surface area (Å²) >= 11 is 0.973. The first kappa shape index (κ1) is 15.2. The summed E-state index contributed by atoms with van der Waals surface area (Å²) in [5.74, 6) is 0.517. The quantitative estimate of drug-likeness (QED) is 0.413. The molecule has 4 aromatic rings. The summed E-state index contributed by atoms with van der Waals surface area (Å²) in [5.41, 5.74) is 0.510. The second-order valence-corrected chi connectivity index (χ2v) is 6.38. The Morgan fingerprint density at radius 2 is 1.96 bits per heavy atom. The minimum atomic E-state index is -0.463. The van der Waals surface area contributed by atoms with Crippen molar-refractivity contribution in [3.8, 4) is 22.2 Å². The summed E-state index contributed by atoms with van der Waals surface area (Å²) in [4.78, 5) is 27.5. The van der Waals surface area contributed by atoms with Gasteiger partial charge in [-0.05, 0) is 12.1 Å². The van der Waals surface area contributed by atoms with Crippen molar-refractivity contribution in [2.75, 3.05) is 0 Å². The van der Waals surface area contributed by atoms with Gasteiger partial charge in [0.2, 0.25) is 5.82 Å². The molecule has 1 aromatic carbocycles. The fourth-order valence-corrected chi connectivity index (χ4v) is 3.31. The highest BCUT2D eigenvalue weighted by Gasteiger charge is 2.18. The number of benzene rings is 1. The number of nitro groups is 1. The number of nitrogens with zero attached hydrogens (tertiary/aromatic N) is 4. The molecule has 0 amide bonds. The molecule has 0 radical (unpaired) electrons. The lowest BCUT2D eigenvalue weighted by atomic mass is 10.1. The zero-order valence-electron chi connectivity index (χ0n) is 12.9. The molecular formula is C16H10N4O4S. The lowest BCUT2D eigenvalue weighted by Gasteiger charge is -2.05. The highest BCUT2D eigenvalue weighted by atomic mass is 32.1. The maximum Gasteiger partial charge on any atom is 0.324 e. The number of aromatic nitrogens is 3. The Kier molecular flexibility index (Phi) is 3.43. The average molecular weight is 354 g/mol. The third kappa shape index (κ3) is 2.50. The number of thiophene rings is 1. The Morgan fingerprint density at radius 3 is 2.68 bits per heavy atom. The number of aryl methyl sites for hydroxylation is 1. The van der Waals surface area contributed by atoms with Crippen molar-refractivity contribution in [3.05, 3.63) is 63.1 Å². The van der Waals surface area contributed by atoms with E-state index in [2.05, 4.69) is 10.1 Å². The number of hydrogen-bond acceptors (Lipinski definition) is 7. The van der Waals surface area contributed by atoms with E-state index >= 15 is 0 Å². The van der Waals surface area contributed by atoms with Gasteiger partial charge < -0.3 is 9.09 Å². The van der Waals surface area contributed by atoms with E-state index < -0.39 is 4.92 Å². The van der Waals surface area contributed by atoms with Gasteiger partial charge in [0.05, 0.1) is 15.4 Å². The highest BCUT2D eigenvalue weighted by molar-refractivity contribution is 7.18. The van der Waals surface area contributed by atoms with Crippen LogP contribution in [0, 0.1) is 10.1 Å². The highest BCUT2D eigenvalue weighted by Crippen LogP contribution is 2.33. The van der Waals surface area contributed by atoms with E-state index in [-0.39, 0.29) is 22.3 Å². The molecule has 0 saturated heterocycles. The molecule has 0 unspecified atom stereocenters. The minimum Gasteiger partial charge on any atom is -0.334 e. The molecule has 3 aromatic heterocycles. The molecule has 25 heavy (non-hydrogen) atoms. The lowest BCUT2D eigenvalue weighted by molar-refractivity contribution is -0.380. The SMILES string of the molecule is Cn1cc(-c2nc(-c3ccc([N+](=O)[O-])s3)no2)c2ccccc2c1=O. The zero-order valence-corrected chi connectivity index (χ0v) is 13.7. The van der Waals surface area contributed by atoms with E-state index in [1.807, 2.05) is 12.1 Å². The molecule has 0 spiro atoms. The molecule has 3 heterocycles. The van der Waals surface area contributed by atoms with Gasteiger partial charge in [-0.1, -0.05) is 34.7 Å². The van der Waals surface area contributed by atoms with Gasteiger partial charge in [0, 0.05) is 30.1 Å². The second-order valence-electron chi connectivity index (χ2n) is 5.32. The van der Waals surface area contributed by atoms with E-state index in [4.69, 9.17) is 4.52 Å². The zero-order chi connectivity index (χ0) is 17.6. The predicted octanol–water partition coefficient (Wildman–Crippen LogP) is 3.23. The van der Waals surface area contributed by atoms with Crippen LogP contribution < -0.4 is 5.56 Å². The van der Waals surface area contributed by atoms with E-state index in [0.29, 0.717) is 21.2 Å². The summed E-state index contributed by atoms with van der Waals surface area (Å²) in [6.07, 6.45) is 1.64. The Bertz CT molecular complexity index is 1170. The largest absolute Gasteiger partial charge is 0.334 e. The van der Waals surface area contributed by atoms with Crippen LogP contribution >= 0.6 is 11.3 Å². The van der Waals surface area contributed by atoms with Crippen LogP contribution in [-0.2, 0) is 7.05 Å². The van der Waals surface area contributed by atoms with E-state index in [0.717, 1.165) is 11.3 Å². The van der Waals surface area contributed by atoms with Crippen molar-refractivity contribution in [2.45, 2.75) is 0 Å². The van der Waals surface area contributed by atoms with E-state index in [1.165, 1.54) is 10.6 Å². The summed E-state index contributed by atoms with van der Waals surface area (Å²) in [6, 6.07) is 10.1. The second kappa shape index (κ2) is 5.64. The number of pyridine rings is 1. The summed E-state index contributed by atoms with van der Waals surface area (Å²) in [6.45, 7) is 0. The third-order valence-electron chi connectivity index (χ3n) is 3.74. The number of fused-ring (bicyclic) bond motifs is 1. The van der Waals surface area contributed by atoms with Gasteiger partial charge in [0.15, 0.2) is 0 Å². The third-order valence-corrected chi connectivity index (χ3v) is 4.77. The van der Waals surface area contributed by atoms with E-state index in [1.54, 1.807) is 31.4 Å². The van der Waals surface area contributed by atoms with Gasteiger partial charge in [0.1, 0.15) is 0 Å². The van der Waals surface area contributed by atoms with Gasteiger partial charge in [-0.2, -0.15) is 4.98 Å². The van der Waals surface area contributed by atoms with Crippen LogP contribution in [0.3, 0.4) is 0 Å². The Balaban J connectivity index is 1.85. The minimum absolute atomic E-state index is 0.00825. The summed E-state index contributed by atoms with van der Waals surface area (Å²) in [7, 11) is 1.65. The van der Waals surface area contributed by atoms with Crippen molar-refractivity contribution in [3.63, 3.8) is 0 Å². The lowest BCUT2D eigenvalue weighted by Crippen LogP contribution is -2.16. The van der Waals surface area contributed by atoms with Crippen molar-refractivity contribution < 1.29 is 9.45 Å². The van der Waals surface area contributed by atoms with Crippen LogP contribution in [0.5, 0.6) is 0 Å². The maximum absolute atomic E-state index is 12.2. The van der Waals surface area contributed by atoms with Crippen LogP contribution in [0.2, 0.25) is 0 Å². The molecular weight excluding hydrogens is 344 g/mol. The molecule has 0 aliphatic carbocycles. The van der Waals surface area contributed by atoms with Crippen molar-refractivity contribution in [1.29, 1.82) is 0 Å². The number of hydrogen-bond donors (Lipinski definition) is 0. The molecule has 0 aliphatic heterocycles. The molecule has 8 nitrogen and oxygen atoms in total. The van der Waals surface area contributed by atoms with Crippen molar-refractivity contribution >= 4 is 27.1 Å². The predicted molar refractivity (Wildman–Crippen MR) is 92.4 cm³/mol. The van der Waals surface area contributed by atoms with Crippen LogP contribution in [0.1, 0.15) is 0 Å². The summed E-state index contributed by atoms with van der Waals surface area (Å²) in [5, 5.41) is 16.0. The normalized spacial score (nSPS) is 11.1.